The van der Waals surface area contributed by atoms with E-state index in [4.69, 9.17) is 15.8 Å². The summed E-state index contributed by atoms with van der Waals surface area (Å²) in [6, 6.07) is 14.5. The Kier molecular flexibility index (Phi) is 12.1. The Morgan fingerprint density at radius 3 is 2.64 bits per heavy atom. The van der Waals surface area contributed by atoms with E-state index in [9.17, 15) is 9.59 Å². The van der Waals surface area contributed by atoms with Gasteiger partial charge in [-0.2, -0.15) is 0 Å². The zero-order chi connectivity index (χ0) is 31.3. The second-order valence-corrected chi connectivity index (χ2v) is 11.4. The van der Waals surface area contributed by atoms with Crippen molar-refractivity contribution in [3.05, 3.63) is 80.0 Å². The van der Waals surface area contributed by atoms with Crippen molar-refractivity contribution in [2.45, 2.75) is 64.3 Å². The molecule has 0 unspecified atom stereocenters. The Bertz CT molecular complexity index is 1380. The second kappa shape index (κ2) is 16.4. The highest BCUT2D eigenvalue weighted by Gasteiger charge is 2.29. The van der Waals surface area contributed by atoms with Crippen LogP contribution in [0.15, 0.2) is 52.7 Å². The number of carbonyl (C=O) groups is 2. The van der Waals surface area contributed by atoms with Gasteiger partial charge in [0, 0.05) is 79.0 Å². The van der Waals surface area contributed by atoms with Gasteiger partial charge in [0.2, 0.25) is 5.91 Å². The van der Waals surface area contributed by atoms with Gasteiger partial charge in [0.25, 0.3) is 0 Å². The molecule has 14 nitrogen and oxygen atoms in total. The number of azide groups is 2. The standard InChI is InChI=1S/C30H41N11O3/c1-21-18-41(13-12-33-21)19-24-8-11-28(15-25(24)17-35-38-31)40(2)29(42)23-6-9-26(10-7-23)37-27-5-3-4-22(14-27)16-34-30(43)44-20-36-39-32/h3-5,8,11,14-15,21,23,26,33,37H,6-7,9-10,12-13,16-20H2,1-2H3,(H,34,43)/t21-,23-,26-/m0/s1. The van der Waals surface area contributed by atoms with Crippen LogP contribution in [0.5, 0.6) is 0 Å². The molecule has 1 saturated carbocycles. The van der Waals surface area contributed by atoms with Crippen LogP contribution in [0, 0.1) is 5.92 Å². The summed E-state index contributed by atoms with van der Waals surface area (Å²) in [5.74, 6) is 0.0369. The van der Waals surface area contributed by atoms with E-state index >= 15 is 0 Å². The molecule has 2 amide bonds. The highest BCUT2D eigenvalue weighted by atomic mass is 16.6. The lowest BCUT2D eigenvalue weighted by atomic mass is 9.85. The van der Waals surface area contributed by atoms with Gasteiger partial charge in [-0.3, -0.25) is 9.69 Å². The number of nitrogens with zero attached hydrogens (tertiary/aromatic N) is 8. The lowest BCUT2D eigenvalue weighted by Gasteiger charge is -2.33. The minimum Gasteiger partial charge on any atom is -0.443 e. The molecule has 14 heteroatoms. The van der Waals surface area contributed by atoms with Crippen molar-refractivity contribution >= 4 is 23.4 Å². The number of benzene rings is 2. The molecule has 3 N–H and O–H groups in total. The number of ether oxygens (including phenoxy) is 1. The van der Waals surface area contributed by atoms with Crippen LogP contribution in [0.2, 0.25) is 0 Å². The molecule has 1 aliphatic carbocycles. The number of hydrogen-bond acceptors (Lipinski definition) is 8. The maximum Gasteiger partial charge on any atom is 0.407 e. The van der Waals surface area contributed by atoms with Crippen LogP contribution < -0.4 is 20.9 Å². The monoisotopic (exact) mass is 603 g/mol. The van der Waals surface area contributed by atoms with E-state index in [2.05, 4.69) is 53.9 Å². The van der Waals surface area contributed by atoms with Crippen molar-refractivity contribution in [1.29, 1.82) is 0 Å². The van der Waals surface area contributed by atoms with Gasteiger partial charge in [-0.25, -0.2) is 4.79 Å². The van der Waals surface area contributed by atoms with E-state index in [1.165, 1.54) is 0 Å². The van der Waals surface area contributed by atoms with E-state index in [1.54, 1.807) is 4.90 Å². The summed E-state index contributed by atoms with van der Waals surface area (Å²) in [6.07, 6.45) is 2.63. The van der Waals surface area contributed by atoms with Gasteiger partial charge in [0.15, 0.2) is 6.73 Å². The lowest BCUT2D eigenvalue weighted by Crippen LogP contribution is -2.48. The van der Waals surface area contributed by atoms with E-state index in [0.717, 1.165) is 79.9 Å². The first-order valence-corrected chi connectivity index (χ1v) is 15.0. The summed E-state index contributed by atoms with van der Waals surface area (Å²) >= 11 is 0. The van der Waals surface area contributed by atoms with Gasteiger partial charge < -0.3 is 25.6 Å². The van der Waals surface area contributed by atoms with Crippen LogP contribution in [0.1, 0.15) is 49.3 Å². The van der Waals surface area contributed by atoms with E-state index in [1.807, 2.05) is 43.4 Å². The molecule has 0 aromatic heterocycles. The molecule has 234 valence electrons. The van der Waals surface area contributed by atoms with Crippen molar-refractivity contribution in [2.75, 3.05) is 43.6 Å². The molecule has 1 saturated heterocycles. The minimum atomic E-state index is -0.656. The first-order valence-electron chi connectivity index (χ1n) is 15.0. The van der Waals surface area contributed by atoms with E-state index < -0.39 is 6.09 Å². The number of hydrogen-bond donors (Lipinski definition) is 3. The topological polar surface area (TPSA) is 183 Å². The quantitative estimate of drug-likeness (QED) is 0.165. The third kappa shape index (κ3) is 9.51. The smallest absolute Gasteiger partial charge is 0.407 e. The lowest BCUT2D eigenvalue weighted by molar-refractivity contribution is -0.123. The molecule has 2 aliphatic rings. The first kappa shape index (κ1) is 32.4. The van der Waals surface area contributed by atoms with Crippen molar-refractivity contribution < 1.29 is 14.3 Å². The van der Waals surface area contributed by atoms with Gasteiger partial charge in [0.05, 0.1) is 6.54 Å². The fraction of sp³-hybridized carbons (Fsp3) is 0.533. The van der Waals surface area contributed by atoms with Crippen LogP contribution >= 0.6 is 0 Å². The second-order valence-electron chi connectivity index (χ2n) is 11.4. The summed E-state index contributed by atoms with van der Waals surface area (Å²) in [5.41, 5.74) is 21.9. The normalized spacial score (nSPS) is 20.0. The van der Waals surface area contributed by atoms with Gasteiger partial charge in [-0.15, -0.1) is 0 Å². The third-order valence-electron chi connectivity index (χ3n) is 8.19. The highest BCUT2D eigenvalue weighted by molar-refractivity contribution is 5.94. The zero-order valence-electron chi connectivity index (χ0n) is 25.4. The summed E-state index contributed by atoms with van der Waals surface area (Å²) < 4.78 is 4.75. The molecule has 2 fully saturated rings. The van der Waals surface area contributed by atoms with Gasteiger partial charge in [-0.1, -0.05) is 28.4 Å². The Morgan fingerprint density at radius 1 is 1.09 bits per heavy atom. The van der Waals surface area contributed by atoms with Crippen LogP contribution in [0.3, 0.4) is 0 Å². The molecule has 2 aromatic rings. The van der Waals surface area contributed by atoms with Crippen molar-refractivity contribution in [3.63, 3.8) is 0 Å². The molecule has 0 spiro atoms. The molecule has 4 rings (SSSR count). The van der Waals surface area contributed by atoms with Crippen LogP contribution in [0.4, 0.5) is 16.2 Å². The predicted molar refractivity (Wildman–Crippen MR) is 169 cm³/mol. The number of piperazine rings is 1. The van der Waals surface area contributed by atoms with E-state index in [-0.39, 0.29) is 37.7 Å². The van der Waals surface area contributed by atoms with E-state index in [0.29, 0.717) is 6.04 Å². The molecular weight excluding hydrogens is 562 g/mol. The summed E-state index contributed by atoms with van der Waals surface area (Å²) in [4.78, 5) is 34.9. The average molecular weight is 604 g/mol. The average Bonchev–Trinajstić information content (AvgIpc) is 3.03. The molecule has 1 heterocycles. The Balaban J connectivity index is 1.30. The van der Waals surface area contributed by atoms with Crippen molar-refractivity contribution in [3.8, 4) is 0 Å². The van der Waals surface area contributed by atoms with Gasteiger partial charge in [-0.05, 0) is 84.6 Å². The van der Waals surface area contributed by atoms with Crippen LogP contribution in [-0.2, 0) is 29.2 Å². The number of nitrogens with one attached hydrogen (secondary N) is 3. The Labute approximate surface area is 257 Å². The first-order chi connectivity index (χ1) is 21.4. The summed E-state index contributed by atoms with van der Waals surface area (Å²) in [7, 11) is 1.82. The van der Waals surface area contributed by atoms with Crippen molar-refractivity contribution in [2.24, 2.45) is 16.1 Å². The molecule has 1 aliphatic heterocycles. The number of anilines is 2. The molecule has 0 bridgehead atoms. The third-order valence-corrected chi connectivity index (χ3v) is 8.19. The molecule has 44 heavy (non-hydrogen) atoms. The maximum atomic E-state index is 13.5. The molecule has 1 atom stereocenters. The minimum absolute atomic E-state index is 0.0624. The fourth-order valence-corrected chi connectivity index (χ4v) is 5.86. The number of amides is 2. The Morgan fingerprint density at radius 2 is 1.89 bits per heavy atom. The number of rotatable bonds is 12. The summed E-state index contributed by atoms with van der Waals surface area (Å²) in [6.45, 7) is 6.00. The molecule has 0 radical (unpaired) electrons. The predicted octanol–water partition coefficient (Wildman–Crippen LogP) is 5.42. The van der Waals surface area contributed by atoms with Crippen molar-refractivity contribution in [1.82, 2.24) is 15.5 Å². The Hall–Kier alpha value is -4.48. The summed E-state index contributed by atoms with van der Waals surface area (Å²) in [5, 5.41) is 16.7. The highest BCUT2D eigenvalue weighted by Crippen LogP contribution is 2.30. The number of alkyl carbamates (subject to hydrolysis) is 1. The maximum absolute atomic E-state index is 13.5. The van der Waals surface area contributed by atoms with Gasteiger partial charge in [0.1, 0.15) is 0 Å². The SMILES string of the molecule is C[C@H]1CN(Cc2ccc(N(C)C(=O)[C@H]3CC[C@H](Nc4cccc(CNC(=O)OCN=[N+]=[N-])c4)CC3)cc2CN=[N+]=[N-])CCN1. The largest absolute Gasteiger partial charge is 0.443 e. The zero-order valence-corrected chi connectivity index (χ0v) is 25.4. The fourth-order valence-electron chi connectivity index (χ4n) is 5.86. The van der Waals surface area contributed by atoms with Crippen LogP contribution in [-0.4, -0.2) is 62.4 Å². The van der Waals surface area contributed by atoms with Gasteiger partial charge >= 0.3 is 6.09 Å². The number of carbonyl (C=O) groups excluding carboxylic acids is 2. The van der Waals surface area contributed by atoms with Crippen LogP contribution in [0.25, 0.3) is 20.9 Å². The molecular formula is C30H41N11O3. The molecule has 2 aromatic carbocycles.